The van der Waals surface area contributed by atoms with Crippen molar-refractivity contribution in [3.8, 4) is 5.69 Å². The van der Waals surface area contributed by atoms with Gasteiger partial charge < -0.3 is 10.2 Å². The second-order valence-corrected chi connectivity index (χ2v) is 5.44. The van der Waals surface area contributed by atoms with Crippen molar-refractivity contribution in [2.24, 2.45) is 0 Å². The zero-order chi connectivity index (χ0) is 14.7. The molecule has 5 nitrogen and oxygen atoms in total. The number of nitrogens with zero attached hydrogens (tertiary/aromatic N) is 2. The highest BCUT2D eigenvalue weighted by atomic mass is 79.9. The van der Waals surface area contributed by atoms with Crippen molar-refractivity contribution in [3.63, 3.8) is 0 Å². The Morgan fingerprint density at radius 3 is 2.80 bits per heavy atom. The normalized spacial score (nSPS) is 10.8. The summed E-state index contributed by atoms with van der Waals surface area (Å²) < 4.78 is 2.21. The van der Waals surface area contributed by atoms with Crippen LogP contribution < -0.4 is 0 Å². The summed E-state index contributed by atoms with van der Waals surface area (Å²) in [7, 11) is 0. The largest absolute Gasteiger partial charge is 0.476 e. The molecule has 0 unspecified atom stereocenters. The van der Waals surface area contributed by atoms with Gasteiger partial charge in [0.05, 0.1) is 10.7 Å². The standard InChI is InChI=1S/C13H12BrClN2O3/c14-10-6-9(3-4-11(10)15)17-7-8(2-1-5-18)12(16-17)13(19)20/h3-4,6-7,18H,1-2,5H2,(H,19,20). The van der Waals surface area contributed by atoms with Crippen molar-refractivity contribution in [3.05, 3.63) is 45.1 Å². The molecular formula is C13H12BrClN2O3. The van der Waals surface area contributed by atoms with Gasteiger partial charge in [0.1, 0.15) is 0 Å². The molecule has 1 heterocycles. The van der Waals surface area contributed by atoms with Gasteiger partial charge in [-0.1, -0.05) is 11.6 Å². The molecule has 0 aliphatic heterocycles. The van der Waals surface area contributed by atoms with E-state index in [0.29, 0.717) is 33.6 Å². The molecule has 0 saturated carbocycles. The summed E-state index contributed by atoms with van der Waals surface area (Å²) in [6.07, 6.45) is 2.62. The van der Waals surface area contributed by atoms with E-state index in [0.717, 1.165) is 0 Å². The summed E-state index contributed by atoms with van der Waals surface area (Å²) in [6, 6.07) is 5.22. The Hall–Kier alpha value is -1.37. The number of carboxylic acid groups (broad SMARTS) is 1. The number of aryl methyl sites for hydroxylation is 1. The Labute approximate surface area is 128 Å². The molecule has 20 heavy (non-hydrogen) atoms. The SMILES string of the molecule is O=C(O)c1nn(-c2ccc(Cl)c(Br)c2)cc1CCCO. The van der Waals surface area contributed by atoms with Crippen LogP contribution in [0.1, 0.15) is 22.5 Å². The Kier molecular flexibility index (Phi) is 4.80. The molecule has 2 N–H and O–H groups in total. The fourth-order valence-corrected chi connectivity index (χ4v) is 2.29. The maximum atomic E-state index is 11.2. The van der Waals surface area contributed by atoms with Crippen LogP contribution in [0, 0.1) is 0 Å². The average molecular weight is 360 g/mol. The smallest absolute Gasteiger partial charge is 0.356 e. The molecule has 0 aliphatic rings. The first kappa shape index (κ1) is 15.0. The van der Waals surface area contributed by atoms with E-state index in [9.17, 15) is 4.79 Å². The first-order valence-electron chi connectivity index (χ1n) is 5.91. The van der Waals surface area contributed by atoms with Crippen LogP contribution in [0.4, 0.5) is 0 Å². The van der Waals surface area contributed by atoms with Gasteiger partial charge in [-0.25, -0.2) is 9.48 Å². The van der Waals surface area contributed by atoms with Crippen LogP contribution in [0.15, 0.2) is 28.9 Å². The van der Waals surface area contributed by atoms with E-state index in [1.165, 1.54) is 4.68 Å². The molecule has 0 amide bonds. The van der Waals surface area contributed by atoms with Gasteiger partial charge in [0.25, 0.3) is 0 Å². The van der Waals surface area contributed by atoms with Gasteiger partial charge in [-0.15, -0.1) is 0 Å². The second-order valence-electron chi connectivity index (χ2n) is 4.18. The minimum atomic E-state index is -1.08. The number of aliphatic hydroxyl groups excluding tert-OH is 1. The number of carboxylic acids is 1. The van der Waals surface area contributed by atoms with Crippen molar-refractivity contribution < 1.29 is 15.0 Å². The average Bonchev–Trinajstić information content (AvgIpc) is 2.84. The number of rotatable bonds is 5. The predicted molar refractivity (Wildman–Crippen MR) is 78.6 cm³/mol. The third-order valence-electron chi connectivity index (χ3n) is 2.76. The number of hydrogen-bond donors (Lipinski definition) is 2. The fraction of sp³-hybridized carbons (Fsp3) is 0.231. The summed E-state index contributed by atoms with van der Waals surface area (Å²) >= 11 is 9.24. The van der Waals surface area contributed by atoms with Crippen LogP contribution >= 0.6 is 27.5 Å². The predicted octanol–water partition coefficient (Wildman–Crippen LogP) is 2.91. The molecule has 0 radical (unpaired) electrons. The van der Waals surface area contributed by atoms with E-state index >= 15 is 0 Å². The topological polar surface area (TPSA) is 75.3 Å². The highest BCUT2D eigenvalue weighted by molar-refractivity contribution is 9.10. The number of halogens is 2. The van der Waals surface area contributed by atoms with Crippen molar-refractivity contribution in [2.45, 2.75) is 12.8 Å². The lowest BCUT2D eigenvalue weighted by Crippen LogP contribution is -2.03. The first-order chi connectivity index (χ1) is 9.52. The third-order valence-corrected chi connectivity index (χ3v) is 3.98. The van der Waals surface area contributed by atoms with Crippen LogP contribution in [0.25, 0.3) is 5.69 Å². The number of aliphatic hydroxyl groups is 1. The number of aromatic carboxylic acids is 1. The molecule has 2 rings (SSSR count). The quantitative estimate of drug-likeness (QED) is 0.861. The number of benzene rings is 1. The second kappa shape index (κ2) is 6.39. The van der Waals surface area contributed by atoms with Crippen molar-refractivity contribution in [1.29, 1.82) is 0 Å². The highest BCUT2D eigenvalue weighted by Crippen LogP contribution is 2.25. The maximum absolute atomic E-state index is 11.2. The maximum Gasteiger partial charge on any atom is 0.356 e. The van der Waals surface area contributed by atoms with Crippen LogP contribution in [-0.4, -0.2) is 32.6 Å². The molecule has 0 fully saturated rings. The number of carbonyl (C=O) groups is 1. The Balaban J connectivity index is 2.41. The van der Waals surface area contributed by atoms with E-state index in [-0.39, 0.29) is 12.3 Å². The number of aromatic nitrogens is 2. The monoisotopic (exact) mass is 358 g/mol. The van der Waals surface area contributed by atoms with Crippen LogP contribution in [0.3, 0.4) is 0 Å². The summed E-state index contributed by atoms with van der Waals surface area (Å²) in [5, 5.41) is 22.7. The highest BCUT2D eigenvalue weighted by Gasteiger charge is 2.16. The van der Waals surface area contributed by atoms with Gasteiger partial charge in [-0.2, -0.15) is 5.10 Å². The van der Waals surface area contributed by atoms with Gasteiger partial charge in [0.15, 0.2) is 5.69 Å². The lowest BCUT2D eigenvalue weighted by molar-refractivity contribution is 0.0688. The van der Waals surface area contributed by atoms with Crippen molar-refractivity contribution >= 4 is 33.5 Å². The molecule has 0 saturated heterocycles. The van der Waals surface area contributed by atoms with Crippen LogP contribution in [0.5, 0.6) is 0 Å². The van der Waals surface area contributed by atoms with Gasteiger partial charge >= 0.3 is 5.97 Å². The summed E-state index contributed by atoms with van der Waals surface area (Å²) in [5.74, 6) is -1.08. The van der Waals surface area contributed by atoms with Crippen molar-refractivity contribution in [1.82, 2.24) is 9.78 Å². The number of hydrogen-bond acceptors (Lipinski definition) is 3. The Morgan fingerprint density at radius 2 is 2.20 bits per heavy atom. The molecule has 1 aromatic carbocycles. The van der Waals surface area contributed by atoms with E-state index < -0.39 is 5.97 Å². The van der Waals surface area contributed by atoms with Crippen molar-refractivity contribution in [2.75, 3.05) is 6.61 Å². The molecule has 1 aromatic heterocycles. The minimum Gasteiger partial charge on any atom is -0.476 e. The zero-order valence-electron chi connectivity index (χ0n) is 10.4. The van der Waals surface area contributed by atoms with Gasteiger partial charge in [0, 0.05) is 22.8 Å². The lowest BCUT2D eigenvalue weighted by atomic mass is 10.1. The molecule has 0 atom stereocenters. The Bertz CT molecular complexity index is 643. The zero-order valence-corrected chi connectivity index (χ0v) is 12.7. The first-order valence-corrected chi connectivity index (χ1v) is 7.08. The third kappa shape index (κ3) is 3.20. The summed E-state index contributed by atoms with van der Waals surface area (Å²) in [6.45, 7) is 0.0106. The van der Waals surface area contributed by atoms with Gasteiger partial charge in [-0.05, 0) is 47.0 Å². The summed E-state index contributed by atoms with van der Waals surface area (Å²) in [4.78, 5) is 11.2. The fourth-order valence-electron chi connectivity index (χ4n) is 1.80. The van der Waals surface area contributed by atoms with Crippen LogP contribution in [0.2, 0.25) is 5.02 Å². The molecule has 2 aromatic rings. The van der Waals surface area contributed by atoms with E-state index in [4.69, 9.17) is 21.8 Å². The van der Waals surface area contributed by atoms with Crippen LogP contribution in [-0.2, 0) is 6.42 Å². The van der Waals surface area contributed by atoms with Gasteiger partial charge in [-0.3, -0.25) is 0 Å². The van der Waals surface area contributed by atoms with E-state index in [2.05, 4.69) is 21.0 Å². The lowest BCUT2D eigenvalue weighted by Gasteiger charge is -2.02. The summed E-state index contributed by atoms with van der Waals surface area (Å²) in [5.41, 5.74) is 1.31. The molecular weight excluding hydrogens is 348 g/mol. The van der Waals surface area contributed by atoms with Gasteiger partial charge in [0.2, 0.25) is 0 Å². The minimum absolute atomic E-state index is 0.00419. The molecule has 106 valence electrons. The molecule has 0 bridgehead atoms. The van der Waals surface area contributed by atoms with E-state index in [1.807, 2.05) is 0 Å². The molecule has 0 aliphatic carbocycles. The Morgan fingerprint density at radius 1 is 1.45 bits per heavy atom. The molecule has 0 spiro atoms. The molecule has 7 heteroatoms. The van der Waals surface area contributed by atoms with E-state index in [1.54, 1.807) is 24.4 Å².